The number of hydrogen-bond acceptors (Lipinski definition) is 7. The Balaban J connectivity index is 1.31. The summed E-state index contributed by atoms with van der Waals surface area (Å²) in [6, 6.07) is 13.7. The van der Waals surface area contributed by atoms with E-state index in [-0.39, 0.29) is 17.9 Å². The van der Waals surface area contributed by atoms with Crippen LogP contribution < -0.4 is 9.46 Å². The molecule has 0 spiro atoms. The van der Waals surface area contributed by atoms with Crippen molar-refractivity contribution in [1.82, 2.24) is 14.6 Å². The zero-order valence-electron chi connectivity index (χ0n) is 22.8. The van der Waals surface area contributed by atoms with E-state index < -0.39 is 10.0 Å². The summed E-state index contributed by atoms with van der Waals surface area (Å²) in [7, 11) is -3.39. The van der Waals surface area contributed by atoms with Crippen molar-refractivity contribution in [2.24, 2.45) is 5.92 Å². The van der Waals surface area contributed by atoms with Crippen molar-refractivity contribution in [2.75, 3.05) is 25.4 Å². The number of likely N-dealkylation sites (tertiary alicyclic amines) is 1. The molecule has 7 nitrogen and oxygen atoms in total. The van der Waals surface area contributed by atoms with Crippen molar-refractivity contribution in [2.45, 2.75) is 58.6 Å². The number of piperidine rings is 1. The maximum Gasteiger partial charge on any atom is 0.213 e. The Morgan fingerprint density at radius 1 is 1.26 bits per heavy atom. The highest BCUT2D eigenvalue weighted by Crippen LogP contribution is 2.41. The van der Waals surface area contributed by atoms with Gasteiger partial charge in [0.05, 0.1) is 22.3 Å². The topological polar surface area (TPSA) is 95.3 Å². The molecule has 2 aromatic carbocycles. The summed E-state index contributed by atoms with van der Waals surface area (Å²) in [4.78, 5) is 7.97. The van der Waals surface area contributed by atoms with Crippen LogP contribution >= 0.6 is 11.3 Å². The molecule has 1 fully saturated rings. The van der Waals surface area contributed by atoms with Gasteiger partial charge in [-0.25, -0.2) is 18.1 Å². The van der Waals surface area contributed by atoms with Gasteiger partial charge in [-0.1, -0.05) is 25.1 Å². The van der Waals surface area contributed by atoms with Crippen LogP contribution in [-0.2, 0) is 16.4 Å². The van der Waals surface area contributed by atoms with E-state index in [0.29, 0.717) is 23.8 Å². The Morgan fingerprint density at radius 2 is 2.10 bits per heavy atom. The van der Waals surface area contributed by atoms with Gasteiger partial charge >= 0.3 is 0 Å². The lowest BCUT2D eigenvalue weighted by Crippen LogP contribution is -2.40. The third kappa shape index (κ3) is 6.52. The van der Waals surface area contributed by atoms with E-state index in [0.717, 1.165) is 58.9 Å². The third-order valence-electron chi connectivity index (χ3n) is 7.49. The number of ether oxygens (including phenoxy) is 1. The lowest BCUT2D eigenvalue weighted by Gasteiger charge is -2.30. The van der Waals surface area contributed by atoms with Crippen molar-refractivity contribution >= 4 is 21.4 Å². The maximum atomic E-state index is 13.0. The van der Waals surface area contributed by atoms with Crippen LogP contribution in [0.3, 0.4) is 0 Å². The van der Waals surface area contributed by atoms with E-state index in [1.165, 1.54) is 12.0 Å². The van der Waals surface area contributed by atoms with Gasteiger partial charge in [-0.05, 0) is 86.9 Å². The van der Waals surface area contributed by atoms with Gasteiger partial charge < -0.3 is 9.64 Å². The second-order valence-corrected chi connectivity index (χ2v) is 13.9. The average molecular weight is 565 g/mol. The van der Waals surface area contributed by atoms with Crippen LogP contribution in [0.2, 0.25) is 0 Å². The first-order chi connectivity index (χ1) is 18.7. The second kappa shape index (κ2) is 11.8. The molecule has 5 rings (SSSR count). The van der Waals surface area contributed by atoms with Gasteiger partial charge in [-0.2, -0.15) is 5.26 Å². The van der Waals surface area contributed by atoms with Crippen LogP contribution in [0.1, 0.15) is 62.8 Å². The highest BCUT2D eigenvalue weighted by Gasteiger charge is 2.29. The van der Waals surface area contributed by atoms with E-state index in [1.807, 2.05) is 50.4 Å². The van der Waals surface area contributed by atoms with Gasteiger partial charge in [-0.3, -0.25) is 0 Å². The smallest absolute Gasteiger partial charge is 0.213 e. The molecule has 0 bridgehead atoms. The summed E-state index contributed by atoms with van der Waals surface area (Å²) < 4.78 is 34.7. The van der Waals surface area contributed by atoms with Gasteiger partial charge in [0, 0.05) is 30.9 Å². The van der Waals surface area contributed by atoms with Crippen LogP contribution in [0.25, 0.3) is 21.0 Å². The molecule has 1 N–H and O–H groups in total. The third-order valence-corrected chi connectivity index (χ3v) is 9.93. The zero-order valence-corrected chi connectivity index (χ0v) is 24.4. The maximum absolute atomic E-state index is 13.0. The monoisotopic (exact) mass is 564 g/mol. The molecule has 0 radical (unpaired) electrons. The molecular formula is C30H36N4O3S2. The fourth-order valence-corrected chi connectivity index (χ4v) is 7.92. The molecular weight excluding hydrogens is 528 g/mol. The number of nitriles is 1. The summed E-state index contributed by atoms with van der Waals surface area (Å²) in [5, 5.41) is 10.4. The first-order valence-corrected chi connectivity index (χ1v) is 16.2. The molecule has 0 unspecified atom stereocenters. The van der Waals surface area contributed by atoms with Crippen LogP contribution in [0.4, 0.5) is 0 Å². The quantitative estimate of drug-likeness (QED) is 0.354. The lowest BCUT2D eigenvalue weighted by molar-refractivity contribution is 0.193. The number of benzene rings is 2. The van der Waals surface area contributed by atoms with Crippen LogP contribution in [0.5, 0.6) is 5.75 Å². The SMILES string of the molecule is CC(C)Oc1ccc(-c2ncc(-c3cccc4c3CC[C@H]4NS(=O)(=O)CCN3CCC[C@H](C)C3)s2)cc1C#N. The molecule has 0 amide bonds. The summed E-state index contributed by atoms with van der Waals surface area (Å²) in [5.74, 6) is 1.34. The zero-order chi connectivity index (χ0) is 27.6. The van der Waals surface area contributed by atoms with E-state index in [2.05, 4.69) is 33.7 Å². The number of nitrogens with zero attached hydrogens (tertiary/aromatic N) is 3. The van der Waals surface area contributed by atoms with Crippen molar-refractivity contribution in [3.05, 3.63) is 59.3 Å². The Bertz CT molecular complexity index is 1480. The molecule has 9 heteroatoms. The molecule has 2 heterocycles. The molecule has 39 heavy (non-hydrogen) atoms. The van der Waals surface area contributed by atoms with Gasteiger partial charge in [0.2, 0.25) is 10.0 Å². The molecule has 0 saturated carbocycles. The molecule has 1 saturated heterocycles. The molecule has 1 aliphatic heterocycles. The van der Waals surface area contributed by atoms with Crippen LogP contribution in [-0.4, -0.2) is 49.8 Å². The second-order valence-electron chi connectivity index (χ2n) is 11.0. The minimum Gasteiger partial charge on any atom is -0.490 e. The summed E-state index contributed by atoms with van der Waals surface area (Å²) in [6.07, 6.45) is 5.79. The van der Waals surface area contributed by atoms with Gasteiger partial charge in [0.1, 0.15) is 16.8 Å². The molecule has 3 aromatic rings. The van der Waals surface area contributed by atoms with Crippen molar-refractivity contribution in [3.63, 3.8) is 0 Å². The van der Waals surface area contributed by atoms with Crippen molar-refractivity contribution < 1.29 is 13.2 Å². The summed E-state index contributed by atoms with van der Waals surface area (Å²) >= 11 is 1.58. The van der Waals surface area contributed by atoms with E-state index in [4.69, 9.17) is 4.74 Å². The predicted molar refractivity (Wildman–Crippen MR) is 156 cm³/mol. The minimum absolute atomic E-state index is 0.0126. The van der Waals surface area contributed by atoms with Gasteiger partial charge in [0.25, 0.3) is 0 Å². The number of hydrogen-bond donors (Lipinski definition) is 1. The first kappa shape index (κ1) is 27.8. The number of fused-ring (bicyclic) bond motifs is 1. The van der Waals surface area contributed by atoms with Crippen molar-refractivity contribution in [1.29, 1.82) is 5.26 Å². The predicted octanol–water partition coefficient (Wildman–Crippen LogP) is 5.77. The highest BCUT2D eigenvalue weighted by atomic mass is 32.2. The highest BCUT2D eigenvalue weighted by molar-refractivity contribution is 7.89. The number of aromatic nitrogens is 1. The Labute approximate surface area is 235 Å². The number of nitrogens with one attached hydrogen (secondary N) is 1. The molecule has 1 aliphatic carbocycles. The van der Waals surface area contributed by atoms with E-state index >= 15 is 0 Å². The van der Waals surface area contributed by atoms with Crippen LogP contribution in [0, 0.1) is 17.2 Å². The Kier molecular flexibility index (Phi) is 8.38. The first-order valence-electron chi connectivity index (χ1n) is 13.7. The number of thiazole rings is 1. The molecule has 206 valence electrons. The van der Waals surface area contributed by atoms with E-state index in [1.54, 1.807) is 11.3 Å². The standard InChI is InChI=1S/C30H36N4O3S2/c1-20(2)37-28-12-9-22(16-23(28)17-31)30-32-18-29(38-30)26-8-4-7-25-24(26)10-11-27(25)33-39(35,36)15-14-34-13-5-6-21(3)19-34/h4,7-9,12,16,18,20-21,27,33H,5-6,10-11,13-15,19H2,1-3H3/t21-,27+/m0/s1. The largest absolute Gasteiger partial charge is 0.490 e. The normalized spacial score (nSPS) is 19.7. The Morgan fingerprint density at radius 3 is 2.87 bits per heavy atom. The Hall–Kier alpha value is -2.77. The van der Waals surface area contributed by atoms with Gasteiger partial charge in [0.15, 0.2) is 0 Å². The van der Waals surface area contributed by atoms with Gasteiger partial charge in [-0.15, -0.1) is 11.3 Å². The molecule has 2 atom stereocenters. The molecule has 1 aromatic heterocycles. The fraction of sp³-hybridized carbons (Fsp3) is 0.467. The lowest BCUT2D eigenvalue weighted by atomic mass is 10.0. The van der Waals surface area contributed by atoms with Crippen molar-refractivity contribution in [3.8, 4) is 32.8 Å². The minimum atomic E-state index is -3.39. The summed E-state index contributed by atoms with van der Waals surface area (Å²) in [6.45, 7) is 8.66. The van der Waals surface area contributed by atoms with Crippen LogP contribution in [0.15, 0.2) is 42.6 Å². The summed E-state index contributed by atoms with van der Waals surface area (Å²) in [5.41, 5.74) is 4.70. The fourth-order valence-electron chi connectivity index (χ4n) is 5.66. The average Bonchev–Trinajstić information content (AvgIpc) is 3.55. The number of sulfonamides is 1. The number of rotatable bonds is 9. The van der Waals surface area contributed by atoms with E-state index in [9.17, 15) is 13.7 Å². The molecule has 2 aliphatic rings.